The van der Waals surface area contributed by atoms with Crippen LogP contribution in [0, 0.1) is 65.1 Å². The summed E-state index contributed by atoms with van der Waals surface area (Å²) in [5.74, 6) is 7.36. The molecule has 5 nitrogen and oxygen atoms in total. The van der Waals surface area contributed by atoms with Gasteiger partial charge < -0.3 is 23.7 Å². The van der Waals surface area contributed by atoms with E-state index in [9.17, 15) is 0 Å². The van der Waals surface area contributed by atoms with Crippen molar-refractivity contribution in [3.8, 4) is 28.7 Å². The maximum Gasteiger partial charge on any atom is 0.119 e. The van der Waals surface area contributed by atoms with Crippen LogP contribution in [0.2, 0.25) is 0 Å². The Kier molecular flexibility index (Phi) is 12.9. The standard InChI is InChI=1S/C70H86O5/c1-16-71-56-31-21-51(22-32-56)66-41(6)43(8)67(52-23-33-57(34-24-52)72-17-2)45(10)47(12)69(54-27-37-59(38-28-54)74-19-4)49(14)50(15)70(55-29-39-60(40-30-55)75-20-5)48(13)46(11)68(44(9)42(66)7,53-25-35-58(36-26-53)73-18-3)63-61(66)62(67)64(69)65(63)70/h21-50,61H,16-20H2,1-15H3/t41-,42?,43?,44?,45-,46+,47+,48?,49?,50+,61?,66?,67?,68?,69?,70?/m1/s1. The molecule has 11 unspecified atom stereocenters. The number of hydrogen-bond donors (Lipinski definition) is 0. The van der Waals surface area contributed by atoms with E-state index >= 15 is 0 Å². The summed E-state index contributed by atoms with van der Waals surface area (Å²) in [6.07, 6.45) is 0. The summed E-state index contributed by atoms with van der Waals surface area (Å²) in [5, 5.41) is 0. The number of benzene rings is 5. The van der Waals surface area contributed by atoms with Gasteiger partial charge in [0.25, 0.3) is 0 Å². The summed E-state index contributed by atoms with van der Waals surface area (Å²) in [5.41, 5.74) is 12.3. The second kappa shape index (κ2) is 18.7. The maximum absolute atomic E-state index is 6.28. The molecular formula is C70H86O5. The molecule has 11 rings (SSSR count). The van der Waals surface area contributed by atoms with E-state index in [0.29, 0.717) is 33.0 Å². The SMILES string of the molecule is CCOc1ccc(C23C4=C5C6=C7C4C(c4ccc(OCC)cc4)(C(C)C(C)C7(c4ccc(OCC)cc4)[C@@H](C)C(C)C6(c4ccc(OCC)cc4)[C@@H](C)C(C)C5(c4ccc(OCC)cc4)[C@@H](C)[C@H]2C)[C@H](C)C3C)cc1. The highest BCUT2D eigenvalue weighted by atomic mass is 16.5. The Labute approximate surface area is 450 Å². The van der Waals surface area contributed by atoms with E-state index in [4.69, 9.17) is 23.7 Å². The van der Waals surface area contributed by atoms with Crippen LogP contribution in [0.25, 0.3) is 0 Å². The number of rotatable bonds is 15. The van der Waals surface area contributed by atoms with Crippen LogP contribution < -0.4 is 23.7 Å². The minimum Gasteiger partial charge on any atom is -0.494 e. The average molecular weight is 1010 g/mol. The molecule has 16 atom stereocenters. The Bertz CT molecular complexity index is 2790. The summed E-state index contributed by atoms with van der Waals surface area (Å²) in [7, 11) is 0. The minimum atomic E-state index is -0.343. The molecule has 0 aliphatic heterocycles. The van der Waals surface area contributed by atoms with Gasteiger partial charge in [0.2, 0.25) is 0 Å². The van der Waals surface area contributed by atoms with Gasteiger partial charge in [-0.3, -0.25) is 0 Å². The monoisotopic (exact) mass is 1010 g/mol. The molecule has 0 saturated heterocycles. The second-order valence-corrected chi connectivity index (χ2v) is 24.1. The first kappa shape index (κ1) is 51.7. The lowest BCUT2D eigenvalue weighted by Crippen LogP contribution is -2.70. The molecule has 0 spiro atoms. The Morgan fingerprint density at radius 2 is 0.467 bits per heavy atom. The van der Waals surface area contributed by atoms with Crippen molar-refractivity contribution >= 4 is 0 Å². The third-order valence-corrected chi connectivity index (χ3v) is 22.8. The lowest BCUT2D eigenvalue weighted by atomic mass is 9.30. The van der Waals surface area contributed by atoms with E-state index in [-0.39, 0.29) is 92.2 Å². The quantitative estimate of drug-likeness (QED) is 0.105. The van der Waals surface area contributed by atoms with Crippen LogP contribution in [0.3, 0.4) is 0 Å². The van der Waals surface area contributed by atoms with Crippen molar-refractivity contribution in [2.75, 3.05) is 33.0 Å². The van der Waals surface area contributed by atoms with Crippen molar-refractivity contribution in [1.29, 1.82) is 0 Å². The highest BCUT2D eigenvalue weighted by Gasteiger charge is 2.82. The summed E-state index contributed by atoms with van der Waals surface area (Å²) >= 11 is 0. The highest BCUT2D eigenvalue weighted by molar-refractivity contribution is 5.78. The number of hydrogen-bond acceptors (Lipinski definition) is 5. The lowest BCUT2D eigenvalue weighted by Gasteiger charge is -2.72. The maximum atomic E-state index is 6.28. The Balaban J connectivity index is 1.40. The summed E-state index contributed by atoms with van der Waals surface area (Å²) < 4.78 is 31.4. The van der Waals surface area contributed by atoms with Crippen LogP contribution >= 0.6 is 0 Å². The largest absolute Gasteiger partial charge is 0.494 e. The number of ether oxygens (including phenoxy) is 5. The molecule has 5 aromatic carbocycles. The lowest BCUT2D eigenvalue weighted by molar-refractivity contribution is -0.0728. The molecule has 0 N–H and O–H groups in total. The highest BCUT2D eigenvalue weighted by Crippen LogP contribution is 2.86. The first-order chi connectivity index (χ1) is 36.1. The van der Waals surface area contributed by atoms with E-state index in [1.807, 2.05) is 0 Å². The fourth-order valence-corrected chi connectivity index (χ4v) is 19.8. The summed E-state index contributed by atoms with van der Waals surface area (Å²) in [6.45, 7) is 40.4. The molecule has 396 valence electrons. The first-order valence-electron chi connectivity index (χ1n) is 29.3. The van der Waals surface area contributed by atoms with E-state index < -0.39 is 0 Å². The molecule has 75 heavy (non-hydrogen) atoms. The van der Waals surface area contributed by atoms with Gasteiger partial charge in [-0.2, -0.15) is 0 Å². The zero-order valence-electron chi connectivity index (χ0n) is 48.0. The Hall–Kier alpha value is -5.42. The molecule has 0 aromatic heterocycles. The Morgan fingerprint density at radius 3 is 0.707 bits per heavy atom. The van der Waals surface area contributed by atoms with Gasteiger partial charge in [0.1, 0.15) is 28.7 Å². The smallest absolute Gasteiger partial charge is 0.119 e. The molecule has 6 aliphatic rings. The fraction of sp³-hybridized carbons (Fsp3) is 0.514. The van der Waals surface area contributed by atoms with Crippen molar-refractivity contribution in [3.63, 3.8) is 0 Å². The van der Waals surface area contributed by atoms with E-state index in [0.717, 1.165) is 28.7 Å². The van der Waals surface area contributed by atoms with Crippen LogP contribution in [-0.2, 0) is 27.1 Å². The third kappa shape index (κ3) is 6.31. The molecule has 6 aliphatic carbocycles. The van der Waals surface area contributed by atoms with Crippen molar-refractivity contribution in [2.45, 2.75) is 131 Å². The van der Waals surface area contributed by atoms with Crippen molar-refractivity contribution < 1.29 is 23.7 Å². The second-order valence-electron chi connectivity index (χ2n) is 24.1. The molecule has 0 radical (unpaired) electrons. The molecule has 0 amide bonds. The van der Waals surface area contributed by atoms with Gasteiger partial charge in [0.15, 0.2) is 0 Å². The van der Waals surface area contributed by atoms with Crippen molar-refractivity contribution in [1.82, 2.24) is 0 Å². The van der Waals surface area contributed by atoms with Gasteiger partial charge in [-0.25, -0.2) is 0 Å². The zero-order valence-corrected chi connectivity index (χ0v) is 48.0. The van der Waals surface area contributed by atoms with Crippen LogP contribution in [0.15, 0.2) is 144 Å². The summed E-state index contributed by atoms with van der Waals surface area (Å²) in [6, 6.07) is 47.8. The van der Waals surface area contributed by atoms with Gasteiger partial charge >= 0.3 is 0 Å². The van der Waals surface area contributed by atoms with Crippen LogP contribution in [0.1, 0.15) is 132 Å². The Morgan fingerprint density at radius 1 is 0.267 bits per heavy atom. The van der Waals surface area contributed by atoms with Gasteiger partial charge in [0, 0.05) is 33.0 Å². The zero-order chi connectivity index (χ0) is 53.1. The van der Waals surface area contributed by atoms with Crippen LogP contribution in [-0.4, -0.2) is 33.0 Å². The molecule has 0 heterocycles. The predicted molar refractivity (Wildman–Crippen MR) is 306 cm³/mol. The van der Waals surface area contributed by atoms with E-state index in [1.54, 1.807) is 22.3 Å². The third-order valence-electron chi connectivity index (χ3n) is 22.8. The number of allylic oxidation sites excluding steroid dienone is 4. The van der Waals surface area contributed by atoms with E-state index in [2.05, 4.69) is 225 Å². The normalized spacial score (nSPS) is 37.0. The molecule has 5 heteroatoms. The average Bonchev–Trinajstić information content (AvgIpc) is 3.59. The van der Waals surface area contributed by atoms with E-state index in [1.165, 1.54) is 27.8 Å². The molecule has 0 bridgehead atoms. The van der Waals surface area contributed by atoms with Gasteiger partial charge in [-0.1, -0.05) is 130 Å². The first-order valence-corrected chi connectivity index (χ1v) is 29.3. The summed E-state index contributed by atoms with van der Waals surface area (Å²) in [4.78, 5) is 0. The predicted octanol–water partition coefficient (Wildman–Crippen LogP) is 16.3. The molecular weight excluding hydrogens is 921 g/mol. The molecule has 5 aromatic rings. The van der Waals surface area contributed by atoms with Crippen molar-refractivity contribution in [2.24, 2.45) is 65.1 Å². The fourth-order valence-electron chi connectivity index (χ4n) is 19.8. The van der Waals surface area contributed by atoms with Gasteiger partial charge in [0.05, 0.1) is 33.0 Å². The van der Waals surface area contributed by atoms with Crippen LogP contribution in [0.5, 0.6) is 28.7 Å². The topological polar surface area (TPSA) is 46.2 Å². The van der Waals surface area contributed by atoms with Crippen molar-refractivity contribution in [3.05, 3.63) is 171 Å². The van der Waals surface area contributed by atoms with Gasteiger partial charge in [-0.05, 0) is 205 Å². The van der Waals surface area contributed by atoms with Crippen LogP contribution in [0.4, 0.5) is 0 Å². The minimum absolute atomic E-state index is 0.0857. The molecule has 3 fully saturated rings. The molecule has 3 saturated carbocycles. The van der Waals surface area contributed by atoms with Gasteiger partial charge in [-0.15, -0.1) is 0 Å².